The van der Waals surface area contributed by atoms with Crippen molar-refractivity contribution in [1.29, 1.82) is 0 Å². The maximum absolute atomic E-state index is 12.6. The number of carbonyl (C=O) groups is 1. The lowest BCUT2D eigenvalue weighted by molar-refractivity contribution is 0.208. The van der Waals surface area contributed by atoms with Crippen molar-refractivity contribution in [3.63, 3.8) is 0 Å². The molecule has 1 saturated heterocycles. The smallest absolute Gasteiger partial charge is 0.317 e. The number of rotatable bonds is 5. The number of hydrogen-bond acceptors (Lipinski definition) is 3. The highest BCUT2D eigenvalue weighted by Gasteiger charge is 2.31. The van der Waals surface area contributed by atoms with E-state index in [1.807, 2.05) is 35.4 Å². The number of likely N-dealkylation sites (tertiary alicyclic amines) is 1. The van der Waals surface area contributed by atoms with Gasteiger partial charge in [0.2, 0.25) is 0 Å². The van der Waals surface area contributed by atoms with E-state index in [1.165, 1.54) is 5.56 Å². The van der Waals surface area contributed by atoms with Crippen molar-refractivity contribution in [3.8, 4) is 0 Å². The minimum absolute atomic E-state index is 0.0207. The Balaban J connectivity index is 1.41. The van der Waals surface area contributed by atoms with E-state index in [0.29, 0.717) is 19.1 Å². The summed E-state index contributed by atoms with van der Waals surface area (Å²) in [5, 5.41) is 3.06. The second kappa shape index (κ2) is 8.00. The van der Waals surface area contributed by atoms with Crippen LogP contribution in [0.15, 0.2) is 48.8 Å². The molecule has 1 aliphatic heterocycles. The van der Waals surface area contributed by atoms with Gasteiger partial charge in [-0.2, -0.15) is 0 Å². The minimum atomic E-state index is 0.0207. The topological polar surface area (TPSA) is 63.1 Å². The number of urea groups is 1. The van der Waals surface area contributed by atoms with Gasteiger partial charge in [-0.1, -0.05) is 30.3 Å². The van der Waals surface area contributed by atoms with Gasteiger partial charge >= 0.3 is 6.03 Å². The van der Waals surface area contributed by atoms with E-state index in [-0.39, 0.29) is 11.9 Å². The van der Waals surface area contributed by atoms with Gasteiger partial charge in [0, 0.05) is 37.8 Å². The van der Waals surface area contributed by atoms with E-state index in [0.717, 1.165) is 36.2 Å². The molecular formula is C22H27N5O. The number of benzene rings is 1. The Hall–Kier alpha value is -2.89. The number of carbonyl (C=O) groups excluding carboxylic acids is 1. The molecule has 1 aromatic carbocycles. The fourth-order valence-electron chi connectivity index (χ4n) is 4.02. The Morgan fingerprint density at radius 1 is 1.25 bits per heavy atom. The van der Waals surface area contributed by atoms with Crippen LogP contribution >= 0.6 is 0 Å². The summed E-state index contributed by atoms with van der Waals surface area (Å²) < 4.78 is 2.27. The number of hydrogen-bond donors (Lipinski definition) is 1. The summed E-state index contributed by atoms with van der Waals surface area (Å²) in [5.74, 6) is 1.33. The summed E-state index contributed by atoms with van der Waals surface area (Å²) in [5.41, 5.74) is 3.28. The molecule has 6 nitrogen and oxygen atoms in total. The third kappa shape index (κ3) is 3.72. The summed E-state index contributed by atoms with van der Waals surface area (Å²) in [4.78, 5) is 23.6. The highest BCUT2D eigenvalue weighted by atomic mass is 16.2. The molecule has 6 heteroatoms. The summed E-state index contributed by atoms with van der Waals surface area (Å²) >= 11 is 0. The molecular weight excluding hydrogens is 350 g/mol. The highest BCUT2D eigenvalue weighted by Crippen LogP contribution is 2.31. The van der Waals surface area contributed by atoms with Gasteiger partial charge in [-0.15, -0.1) is 0 Å². The SMILES string of the molecule is CC(C)n1c(C2CCN(C(=O)NCCc3ccccc3)C2)nc2ccncc21. The normalized spacial score (nSPS) is 16.8. The number of fused-ring (bicyclic) bond motifs is 1. The van der Waals surface area contributed by atoms with Crippen LogP contribution in [0.25, 0.3) is 11.0 Å². The van der Waals surface area contributed by atoms with Crippen LogP contribution < -0.4 is 5.32 Å². The van der Waals surface area contributed by atoms with Crippen LogP contribution in [0.5, 0.6) is 0 Å². The molecule has 1 fully saturated rings. The second-order valence-electron chi connectivity index (χ2n) is 7.70. The Morgan fingerprint density at radius 2 is 2.07 bits per heavy atom. The van der Waals surface area contributed by atoms with Gasteiger partial charge in [0.25, 0.3) is 0 Å². The van der Waals surface area contributed by atoms with E-state index < -0.39 is 0 Å². The summed E-state index contributed by atoms with van der Waals surface area (Å²) in [6.45, 7) is 6.46. The van der Waals surface area contributed by atoms with Gasteiger partial charge in [-0.3, -0.25) is 4.98 Å². The number of nitrogens with zero attached hydrogens (tertiary/aromatic N) is 4. The van der Waals surface area contributed by atoms with Crippen molar-refractivity contribution in [2.45, 2.75) is 38.6 Å². The highest BCUT2D eigenvalue weighted by molar-refractivity contribution is 5.76. The third-order valence-electron chi connectivity index (χ3n) is 5.41. The summed E-state index contributed by atoms with van der Waals surface area (Å²) in [6.07, 6.45) is 5.45. The second-order valence-corrected chi connectivity index (χ2v) is 7.70. The standard InChI is InChI=1S/C22H27N5O/c1-16(2)27-20-14-23-11-9-19(20)25-21(27)18-10-13-26(15-18)22(28)24-12-8-17-6-4-3-5-7-17/h3-7,9,11,14,16,18H,8,10,12-13,15H2,1-2H3,(H,24,28). The molecule has 0 bridgehead atoms. The first-order chi connectivity index (χ1) is 13.6. The summed E-state index contributed by atoms with van der Waals surface area (Å²) in [7, 11) is 0. The molecule has 0 aliphatic carbocycles. The lowest BCUT2D eigenvalue weighted by atomic mass is 10.1. The van der Waals surface area contributed by atoms with Crippen LogP contribution in [0.4, 0.5) is 4.79 Å². The molecule has 2 amide bonds. The van der Waals surface area contributed by atoms with Gasteiger partial charge < -0.3 is 14.8 Å². The van der Waals surface area contributed by atoms with Crippen molar-refractivity contribution < 1.29 is 4.79 Å². The van der Waals surface area contributed by atoms with Crippen molar-refractivity contribution in [3.05, 3.63) is 60.2 Å². The number of nitrogens with one attached hydrogen (secondary N) is 1. The molecule has 1 aliphatic rings. The van der Waals surface area contributed by atoms with Gasteiger partial charge in [-0.25, -0.2) is 9.78 Å². The van der Waals surface area contributed by atoms with Crippen molar-refractivity contribution in [2.24, 2.45) is 0 Å². The summed E-state index contributed by atoms with van der Waals surface area (Å²) in [6, 6.07) is 12.5. The Kier molecular flexibility index (Phi) is 5.28. The molecule has 0 spiro atoms. The first-order valence-electron chi connectivity index (χ1n) is 10.0. The zero-order valence-electron chi connectivity index (χ0n) is 16.5. The van der Waals surface area contributed by atoms with Crippen molar-refractivity contribution in [2.75, 3.05) is 19.6 Å². The predicted octanol–water partition coefficient (Wildman–Crippen LogP) is 3.75. The first kappa shape index (κ1) is 18.5. The van der Waals surface area contributed by atoms with Gasteiger partial charge in [0.05, 0.1) is 17.2 Å². The third-order valence-corrected chi connectivity index (χ3v) is 5.41. The van der Waals surface area contributed by atoms with Crippen LogP contribution in [0.1, 0.15) is 43.6 Å². The first-order valence-corrected chi connectivity index (χ1v) is 10.0. The number of amides is 2. The zero-order chi connectivity index (χ0) is 19.5. The quantitative estimate of drug-likeness (QED) is 0.736. The molecule has 1 atom stereocenters. The lowest BCUT2D eigenvalue weighted by Gasteiger charge is -2.19. The zero-order valence-corrected chi connectivity index (χ0v) is 16.5. The average molecular weight is 377 g/mol. The monoisotopic (exact) mass is 377 g/mol. The van der Waals surface area contributed by atoms with Gasteiger partial charge in [0.15, 0.2) is 0 Å². The molecule has 0 saturated carbocycles. The minimum Gasteiger partial charge on any atom is -0.338 e. The Labute approximate surface area is 165 Å². The van der Waals surface area contributed by atoms with E-state index >= 15 is 0 Å². The molecule has 1 unspecified atom stereocenters. The van der Waals surface area contributed by atoms with Crippen LogP contribution in [-0.4, -0.2) is 45.1 Å². The van der Waals surface area contributed by atoms with E-state index in [9.17, 15) is 4.79 Å². The molecule has 3 heterocycles. The maximum atomic E-state index is 12.6. The molecule has 0 radical (unpaired) electrons. The molecule has 28 heavy (non-hydrogen) atoms. The van der Waals surface area contributed by atoms with E-state index in [1.54, 1.807) is 6.20 Å². The Morgan fingerprint density at radius 3 is 2.86 bits per heavy atom. The fraction of sp³-hybridized carbons (Fsp3) is 0.409. The molecule has 1 N–H and O–H groups in total. The molecule has 4 rings (SSSR count). The van der Waals surface area contributed by atoms with Gasteiger partial charge in [-0.05, 0) is 38.3 Å². The average Bonchev–Trinajstić information content (AvgIpc) is 3.33. The molecule has 2 aromatic heterocycles. The van der Waals surface area contributed by atoms with Crippen LogP contribution in [0, 0.1) is 0 Å². The predicted molar refractivity (Wildman–Crippen MR) is 110 cm³/mol. The molecule has 3 aromatic rings. The maximum Gasteiger partial charge on any atom is 0.317 e. The van der Waals surface area contributed by atoms with Crippen LogP contribution in [0.3, 0.4) is 0 Å². The number of aromatic nitrogens is 3. The van der Waals surface area contributed by atoms with E-state index in [4.69, 9.17) is 4.98 Å². The number of imidazole rings is 1. The lowest BCUT2D eigenvalue weighted by Crippen LogP contribution is -2.39. The van der Waals surface area contributed by atoms with Crippen molar-refractivity contribution in [1.82, 2.24) is 24.8 Å². The largest absolute Gasteiger partial charge is 0.338 e. The van der Waals surface area contributed by atoms with E-state index in [2.05, 4.69) is 40.8 Å². The molecule has 146 valence electrons. The fourth-order valence-corrected chi connectivity index (χ4v) is 4.02. The van der Waals surface area contributed by atoms with Crippen LogP contribution in [0.2, 0.25) is 0 Å². The number of pyridine rings is 1. The van der Waals surface area contributed by atoms with Crippen LogP contribution in [-0.2, 0) is 6.42 Å². The Bertz CT molecular complexity index is 950. The van der Waals surface area contributed by atoms with Gasteiger partial charge in [0.1, 0.15) is 5.82 Å². The van der Waals surface area contributed by atoms with Crippen molar-refractivity contribution >= 4 is 17.1 Å².